The lowest BCUT2D eigenvalue weighted by molar-refractivity contribution is 0.0946. The van der Waals surface area contributed by atoms with E-state index in [0.717, 1.165) is 12.8 Å². The van der Waals surface area contributed by atoms with E-state index >= 15 is 0 Å². The largest absolute Gasteiger partial charge is 0.391 e. The lowest BCUT2D eigenvalue weighted by Gasteiger charge is -2.25. The van der Waals surface area contributed by atoms with E-state index in [-0.39, 0.29) is 6.10 Å². The SMILES string of the molecule is CCCC(O)C(C)(C)N. The van der Waals surface area contributed by atoms with Gasteiger partial charge in [-0.25, -0.2) is 0 Å². The van der Waals surface area contributed by atoms with Crippen molar-refractivity contribution in [1.82, 2.24) is 0 Å². The molecule has 2 heteroatoms. The maximum atomic E-state index is 9.26. The Morgan fingerprint density at radius 3 is 2.11 bits per heavy atom. The normalized spacial score (nSPS) is 15.7. The van der Waals surface area contributed by atoms with Gasteiger partial charge in [-0.05, 0) is 20.3 Å². The lowest BCUT2D eigenvalue weighted by atomic mass is 9.95. The van der Waals surface area contributed by atoms with Crippen molar-refractivity contribution in [3.05, 3.63) is 0 Å². The van der Waals surface area contributed by atoms with E-state index in [1.165, 1.54) is 0 Å². The topological polar surface area (TPSA) is 46.2 Å². The monoisotopic (exact) mass is 131 g/mol. The van der Waals surface area contributed by atoms with Crippen molar-refractivity contribution in [1.29, 1.82) is 0 Å². The molecule has 0 saturated heterocycles. The van der Waals surface area contributed by atoms with Crippen LogP contribution in [0.4, 0.5) is 0 Å². The summed E-state index contributed by atoms with van der Waals surface area (Å²) in [5.74, 6) is 0. The van der Waals surface area contributed by atoms with E-state index in [9.17, 15) is 5.11 Å². The van der Waals surface area contributed by atoms with Crippen LogP contribution in [-0.4, -0.2) is 16.7 Å². The highest BCUT2D eigenvalue weighted by molar-refractivity contribution is 4.80. The number of aliphatic hydroxyl groups excluding tert-OH is 1. The van der Waals surface area contributed by atoms with E-state index in [4.69, 9.17) is 5.73 Å². The average Bonchev–Trinajstić information content (AvgIpc) is 1.64. The summed E-state index contributed by atoms with van der Waals surface area (Å²) >= 11 is 0. The number of aliphatic hydroxyl groups is 1. The summed E-state index contributed by atoms with van der Waals surface area (Å²) in [5, 5.41) is 9.26. The van der Waals surface area contributed by atoms with E-state index < -0.39 is 5.54 Å². The minimum Gasteiger partial charge on any atom is -0.391 e. The molecule has 2 nitrogen and oxygen atoms in total. The third-order valence-corrected chi connectivity index (χ3v) is 1.42. The van der Waals surface area contributed by atoms with Crippen LogP contribution in [0.15, 0.2) is 0 Å². The van der Waals surface area contributed by atoms with Crippen LogP contribution in [0, 0.1) is 0 Å². The average molecular weight is 131 g/mol. The Hall–Kier alpha value is -0.0800. The molecule has 0 saturated carbocycles. The second kappa shape index (κ2) is 3.18. The van der Waals surface area contributed by atoms with Crippen LogP contribution in [0.5, 0.6) is 0 Å². The Bertz CT molecular complexity index is 75.5. The summed E-state index contributed by atoms with van der Waals surface area (Å²) in [6, 6.07) is 0. The molecule has 0 aromatic carbocycles. The number of nitrogens with two attached hydrogens (primary N) is 1. The summed E-state index contributed by atoms with van der Waals surface area (Å²) in [4.78, 5) is 0. The zero-order valence-electron chi connectivity index (χ0n) is 6.52. The molecule has 9 heavy (non-hydrogen) atoms. The quantitative estimate of drug-likeness (QED) is 0.597. The van der Waals surface area contributed by atoms with Crippen LogP contribution >= 0.6 is 0 Å². The Kier molecular flexibility index (Phi) is 3.15. The van der Waals surface area contributed by atoms with Gasteiger partial charge in [-0.2, -0.15) is 0 Å². The van der Waals surface area contributed by atoms with Crippen LogP contribution in [0.2, 0.25) is 0 Å². The molecule has 0 radical (unpaired) electrons. The summed E-state index contributed by atoms with van der Waals surface area (Å²) in [5.41, 5.74) is 5.18. The molecule has 0 aliphatic heterocycles. The molecule has 0 spiro atoms. The summed E-state index contributed by atoms with van der Waals surface area (Å²) < 4.78 is 0. The first-order valence-electron chi connectivity index (χ1n) is 3.45. The van der Waals surface area contributed by atoms with E-state index in [1.807, 2.05) is 20.8 Å². The van der Waals surface area contributed by atoms with Crippen molar-refractivity contribution < 1.29 is 5.11 Å². The number of hydrogen-bond acceptors (Lipinski definition) is 2. The van der Waals surface area contributed by atoms with Gasteiger partial charge in [0, 0.05) is 5.54 Å². The number of hydrogen-bond donors (Lipinski definition) is 2. The zero-order valence-corrected chi connectivity index (χ0v) is 6.52. The molecule has 0 amide bonds. The first kappa shape index (κ1) is 8.92. The molecule has 0 rings (SSSR count). The van der Waals surface area contributed by atoms with E-state index in [1.54, 1.807) is 0 Å². The molecule has 0 fully saturated rings. The Morgan fingerprint density at radius 2 is 2.00 bits per heavy atom. The fourth-order valence-electron chi connectivity index (χ4n) is 0.645. The molecule has 0 heterocycles. The third kappa shape index (κ3) is 3.49. The van der Waals surface area contributed by atoms with Crippen LogP contribution < -0.4 is 5.73 Å². The van der Waals surface area contributed by atoms with Gasteiger partial charge in [0.2, 0.25) is 0 Å². The standard InChI is InChI=1S/C7H17NO/c1-4-5-6(9)7(2,3)8/h6,9H,4-5,8H2,1-3H3. The lowest BCUT2D eigenvalue weighted by Crippen LogP contribution is -2.44. The first-order valence-corrected chi connectivity index (χ1v) is 3.45. The zero-order chi connectivity index (χ0) is 7.49. The van der Waals surface area contributed by atoms with Gasteiger partial charge >= 0.3 is 0 Å². The van der Waals surface area contributed by atoms with Crippen LogP contribution in [0.3, 0.4) is 0 Å². The van der Waals surface area contributed by atoms with Crippen LogP contribution in [0.25, 0.3) is 0 Å². The molecule has 0 bridgehead atoms. The highest BCUT2D eigenvalue weighted by atomic mass is 16.3. The highest BCUT2D eigenvalue weighted by Gasteiger charge is 2.20. The highest BCUT2D eigenvalue weighted by Crippen LogP contribution is 2.09. The van der Waals surface area contributed by atoms with Crippen molar-refractivity contribution >= 4 is 0 Å². The van der Waals surface area contributed by atoms with Crippen molar-refractivity contribution in [3.63, 3.8) is 0 Å². The first-order chi connectivity index (χ1) is 3.98. The minimum atomic E-state index is -0.435. The molecule has 3 N–H and O–H groups in total. The smallest absolute Gasteiger partial charge is 0.0714 e. The van der Waals surface area contributed by atoms with Gasteiger partial charge in [0.05, 0.1) is 6.10 Å². The Labute approximate surface area is 57.1 Å². The van der Waals surface area contributed by atoms with Crippen LogP contribution in [0.1, 0.15) is 33.6 Å². The van der Waals surface area contributed by atoms with E-state index in [2.05, 4.69) is 0 Å². The van der Waals surface area contributed by atoms with Gasteiger partial charge in [-0.15, -0.1) is 0 Å². The maximum absolute atomic E-state index is 9.26. The Balaban J connectivity index is 3.59. The molecule has 1 unspecified atom stereocenters. The predicted octanol–water partition coefficient (Wildman–Crippen LogP) is 0.885. The summed E-state index contributed by atoms with van der Waals surface area (Å²) in [6.45, 7) is 5.72. The van der Waals surface area contributed by atoms with Gasteiger partial charge < -0.3 is 10.8 Å². The second-order valence-electron chi connectivity index (χ2n) is 3.13. The van der Waals surface area contributed by atoms with Gasteiger partial charge in [-0.1, -0.05) is 13.3 Å². The maximum Gasteiger partial charge on any atom is 0.0714 e. The second-order valence-corrected chi connectivity index (χ2v) is 3.13. The van der Waals surface area contributed by atoms with Crippen molar-refractivity contribution in [2.75, 3.05) is 0 Å². The van der Waals surface area contributed by atoms with Crippen molar-refractivity contribution in [2.24, 2.45) is 5.73 Å². The number of rotatable bonds is 3. The fourth-order valence-corrected chi connectivity index (χ4v) is 0.645. The van der Waals surface area contributed by atoms with Crippen molar-refractivity contribution in [2.45, 2.75) is 45.3 Å². The predicted molar refractivity (Wildman–Crippen MR) is 39.2 cm³/mol. The van der Waals surface area contributed by atoms with Gasteiger partial charge in [-0.3, -0.25) is 0 Å². The molecule has 0 aromatic heterocycles. The van der Waals surface area contributed by atoms with Gasteiger partial charge in [0.15, 0.2) is 0 Å². The molecule has 0 aliphatic carbocycles. The Morgan fingerprint density at radius 1 is 1.56 bits per heavy atom. The summed E-state index contributed by atoms with van der Waals surface area (Å²) in [7, 11) is 0. The van der Waals surface area contributed by atoms with Crippen LogP contribution in [-0.2, 0) is 0 Å². The third-order valence-electron chi connectivity index (χ3n) is 1.42. The molecular formula is C7H17NO. The molecule has 0 aliphatic rings. The minimum absolute atomic E-state index is 0.359. The molecule has 0 aromatic rings. The molecule has 56 valence electrons. The summed E-state index contributed by atoms with van der Waals surface area (Å²) in [6.07, 6.45) is 1.42. The van der Waals surface area contributed by atoms with Gasteiger partial charge in [0.1, 0.15) is 0 Å². The van der Waals surface area contributed by atoms with Crippen molar-refractivity contribution in [3.8, 4) is 0 Å². The molecule has 1 atom stereocenters. The fraction of sp³-hybridized carbons (Fsp3) is 1.00. The van der Waals surface area contributed by atoms with E-state index in [0.29, 0.717) is 0 Å². The molecular weight excluding hydrogens is 114 g/mol. The van der Waals surface area contributed by atoms with Gasteiger partial charge in [0.25, 0.3) is 0 Å².